The second kappa shape index (κ2) is 5.02. The van der Waals surface area contributed by atoms with E-state index in [-0.39, 0.29) is 0 Å². The van der Waals surface area contributed by atoms with Gasteiger partial charge < -0.3 is 9.84 Å². The van der Waals surface area contributed by atoms with Crippen LogP contribution in [0, 0.1) is 0 Å². The van der Waals surface area contributed by atoms with Crippen LogP contribution in [0.1, 0.15) is 32.4 Å². The lowest BCUT2D eigenvalue weighted by atomic mass is 10.0. The number of rotatable bonds is 2. The molecule has 2 aromatic carbocycles. The standard InChI is InChI=1S/C16H18O3/c1-16(2,3)19-15(18)14(17)13-9-8-11-6-4-5-7-12(11)10-13/h4-10,14,17H,1-3H3. The molecule has 0 aliphatic carbocycles. The van der Waals surface area contributed by atoms with E-state index in [1.54, 1.807) is 26.8 Å². The number of carbonyl (C=O) groups is 1. The molecule has 3 nitrogen and oxygen atoms in total. The van der Waals surface area contributed by atoms with E-state index in [9.17, 15) is 9.90 Å². The molecule has 19 heavy (non-hydrogen) atoms. The quantitative estimate of drug-likeness (QED) is 0.841. The molecule has 0 saturated carbocycles. The first-order valence-electron chi connectivity index (χ1n) is 6.26. The molecule has 1 unspecified atom stereocenters. The molecule has 3 heteroatoms. The van der Waals surface area contributed by atoms with Crippen molar-refractivity contribution in [2.75, 3.05) is 0 Å². The lowest BCUT2D eigenvalue weighted by molar-refractivity contribution is -0.165. The number of aliphatic hydroxyl groups excluding tert-OH is 1. The first-order chi connectivity index (χ1) is 8.87. The number of fused-ring (bicyclic) bond motifs is 1. The highest BCUT2D eigenvalue weighted by Gasteiger charge is 2.24. The zero-order chi connectivity index (χ0) is 14.0. The highest BCUT2D eigenvalue weighted by atomic mass is 16.6. The topological polar surface area (TPSA) is 46.5 Å². The van der Waals surface area contributed by atoms with Crippen molar-refractivity contribution in [3.8, 4) is 0 Å². The van der Waals surface area contributed by atoms with Crippen molar-refractivity contribution in [2.24, 2.45) is 0 Å². The maximum atomic E-state index is 11.8. The molecule has 0 saturated heterocycles. The average molecular weight is 258 g/mol. The smallest absolute Gasteiger partial charge is 0.340 e. The summed E-state index contributed by atoms with van der Waals surface area (Å²) in [5, 5.41) is 12.1. The van der Waals surface area contributed by atoms with Crippen molar-refractivity contribution in [1.82, 2.24) is 0 Å². The maximum Gasteiger partial charge on any atom is 0.340 e. The van der Waals surface area contributed by atoms with Gasteiger partial charge in [0.1, 0.15) is 5.60 Å². The Morgan fingerprint density at radius 2 is 1.74 bits per heavy atom. The largest absolute Gasteiger partial charge is 0.458 e. The predicted molar refractivity (Wildman–Crippen MR) is 74.8 cm³/mol. The summed E-state index contributed by atoms with van der Waals surface area (Å²) in [5.41, 5.74) is -0.0532. The average Bonchev–Trinajstić information content (AvgIpc) is 2.35. The van der Waals surface area contributed by atoms with E-state index in [1.165, 1.54) is 0 Å². The fourth-order valence-corrected chi connectivity index (χ4v) is 1.87. The van der Waals surface area contributed by atoms with Crippen molar-refractivity contribution < 1.29 is 14.6 Å². The number of hydrogen-bond donors (Lipinski definition) is 1. The molecule has 2 rings (SSSR count). The van der Waals surface area contributed by atoms with Crippen molar-refractivity contribution in [3.05, 3.63) is 48.0 Å². The van der Waals surface area contributed by atoms with Crippen molar-refractivity contribution in [1.29, 1.82) is 0 Å². The Morgan fingerprint density at radius 3 is 2.37 bits per heavy atom. The number of carbonyl (C=O) groups excluding carboxylic acids is 1. The molecule has 0 fully saturated rings. The van der Waals surface area contributed by atoms with Gasteiger partial charge in [0.2, 0.25) is 0 Å². The van der Waals surface area contributed by atoms with Gasteiger partial charge in [0.15, 0.2) is 6.10 Å². The predicted octanol–water partition coefficient (Wildman–Crippen LogP) is 3.21. The van der Waals surface area contributed by atoms with Crippen LogP contribution in [-0.2, 0) is 9.53 Å². The van der Waals surface area contributed by atoms with Gasteiger partial charge in [-0.2, -0.15) is 0 Å². The first-order valence-corrected chi connectivity index (χ1v) is 6.26. The van der Waals surface area contributed by atoms with Crippen LogP contribution in [0.4, 0.5) is 0 Å². The lowest BCUT2D eigenvalue weighted by Gasteiger charge is -2.21. The molecule has 0 spiro atoms. The van der Waals surface area contributed by atoms with Gasteiger partial charge in [0.05, 0.1) is 0 Å². The number of aliphatic hydroxyl groups is 1. The highest BCUT2D eigenvalue weighted by molar-refractivity contribution is 5.85. The fraction of sp³-hybridized carbons (Fsp3) is 0.312. The molecule has 0 amide bonds. The number of ether oxygens (including phenoxy) is 1. The Bertz CT molecular complexity index is 596. The second-order valence-electron chi connectivity index (χ2n) is 5.54. The third-order valence-corrected chi connectivity index (χ3v) is 2.72. The zero-order valence-electron chi connectivity index (χ0n) is 11.4. The molecule has 0 aliphatic rings. The lowest BCUT2D eigenvalue weighted by Crippen LogP contribution is -2.27. The molecular formula is C16H18O3. The normalized spacial score (nSPS) is 13.3. The fourth-order valence-electron chi connectivity index (χ4n) is 1.87. The summed E-state index contributed by atoms with van der Waals surface area (Å²) < 4.78 is 5.18. The van der Waals surface area contributed by atoms with E-state index in [0.29, 0.717) is 5.56 Å². The summed E-state index contributed by atoms with van der Waals surface area (Å²) in [6.45, 7) is 5.33. The number of benzene rings is 2. The minimum Gasteiger partial charge on any atom is -0.458 e. The van der Waals surface area contributed by atoms with E-state index in [0.717, 1.165) is 10.8 Å². The Kier molecular flexibility index (Phi) is 3.58. The van der Waals surface area contributed by atoms with Gasteiger partial charge in [-0.15, -0.1) is 0 Å². The van der Waals surface area contributed by atoms with E-state index in [2.05, 4.69) is 0 Å². The molecule has 1 atom stereocenters. The zero-order valence-corrected chi connectivity index (χ0v) is 11.4. The van der Waals surface area contributed by atoms with Crippen LogP contribution in [0.25, 0.3) is 10.8 Å². The van der Waals surface area contributed by atoms with Gasteiger partial charge in [-0.1, -0.05) is 36.4 Å². The van der Waals surface area contributed by atoms with E-state index in [1.807, 2.05) is 36.4 Å². The van der Waals surface area contributed by atoms with Crippen molar-refractivity contribution in [3.63, 3.8) is 0 Å². The van der Waals surface area contributed by atoms with Gasteiger partial charge in [-0.3, -0.25) is 0 Å². The SMILES string of the molecule is CC(C)(C)OC(=O)C(O)c1ccc2ccccc2c1. The van der Waals surface area contributed by atoms with Crippen molar-refractivity contribution >= 4 is 16.7 Å². The van der Waals surface area contributed by atoms with Gasteiger partial charge in [0.25, 0.3) is 0 Å². The first kappa shape index (κ1) is 13.6. The maximum absolute atomic E-state index is 11.8. The summed E-state index contributed by atoms with van der Waals surface area (Å²) in [6.07, 6.45) is -1.25. The Balaban J connectivity index is 2.26. The minimum atomic E-state index is -1.25. The summed E-state index contributed by atoms with van der Waals surface area (Å²) >= 11 is 0. The molecule has 100 valence electrons. The Labute approximate surface area is 112 Å². The van der Waals surface area contributed by atoms with Gasteiger partial charge in [-0.25, -0.2) is 4.79 Å². The minimum absolute atomic E-state index is 0.549. The number of hydrogen-bond acceptors (Lipinski definition) is 3. The highest BCUT2D eigenvalue weighted by Crippen LogP contribution is 2.22. The Hall–Kier alpha value is -1.87. The molecule has 0 radical (unpaired) electrons. The molecule has 0 bridgehead atoms. The Morgan fingerprint density at radius 1 is 1.11 bits per heavy atom. The third kappa shape index (κ3) is 3.32. The van der Waals surface area contributed by atoms with Crippen molar-refractivity contribution in [2.45, 2.75) is 32.5 Å². The van der Waals surface area contributed by atoms with Crippen LogP contribution in [-0.4, -0.2) is 16.7 Å². The summed E-state index contributed by atoms with van der Waals surface area (Å²) in [4.78, 5) is 11.8. The molecule has 0 heterocycles. The molecular weight excluding hydrogens is 240 g/mol. The van der Waals surface area contributed by atoms with E-state index in [4.69, 9.17) is 4.74 Å². The summed E-state index contributed by atoms with van der Waals surface area (Å²) in [6, 6.07) is 13.2. The van der Waals surface area contributed by atoms with Gasteiger partial charge >= 0.3 is 5.97 Å². The summed E-state index contributed by atoms with van der Waals surface area (Å²) in [7, 11) is 0. The monoisotopic (exact) mass is 258 g/mol. The molecule has 0 aliphatic heterocycles. The number of esters is 1. The van der Waals surface area contributed by atoms with Crippen LogP contribution >= 0.6 is 0 Å². The third-order valence-electron chi connectivity index (χ3n) is 2.72. The van der Waals surface area contributed by atoms with E-state index < -0.39 is 17.7 Å². The van der Waals surface area contributed by atoms with Gasteiger partial charge in [0, 0.05) is 0 Å². The van der Waals surface area contributed by atoms with Crippen LogP contribution < -0.4 is 0 Å². The van der Waals surface area contributed by atoms with E-state index >= 15 is 0 Å². The van der Waals surface area contributed by atoms with Crippen LogP contribution in [0.3, 0.4) is 0 Å². The second-order valence-corrected chi connectivity index (χ2v) is 5.54. The van der Waals surface area contributed by atoms with Crippen LogP contribution in [0.15, 0.2) is 42.5 Å². The molecule has 2 aromatic rings. The molecule has 1 N–H and O–H groups in total. The van der Waals surface area contributed by atoms with Gasteiger partial charge in [-0.05, 0) is 43.2 Å². The molecule has 0 aromatic heterocycles. The summed E-state index contributed by atoms with van der Waals surface area (Å²) in [5.74, 6) is -0.622. The van der Waals surface area contributed by atoms with Crippen LogP contribution in [0.2, 0.25) is 0 Å². The van der Waals surface area contributed by atoms with Crippen LogP contribution in [0.5, 0.6) is 0 Å².